The molecule has 0 fully saturated rings. The van der Waals surface area contributed by atoms with Gasteiger partial charge in [0.2, 0.25) is 0 Å². The quantitative estimate of drug-likeness (QED) is 0.866. The summed E-state index contributed by atoms with van der Waals surface area (Å²) >= 11 is 0. The minimum atomic E-state index is 0.230. The van der Waals surface area contributed by atoms with Crippen molar-refractivity contribution in [1.29, 1.82) is 0 Å². The van der Waals surface area contributed by atoms with Crippen molar-refractivity contribution in [3.63, 3.8) is 0 Å². The highest BCUT2D eigenvalue weighted by Gasteiger charge is 2.28. The SMILES string of the molecule is Cc1ccc(C(C(CO)C(C)C)N(C)C)c(C)c1. The van der Waals surface area contributed by atoms with Gasteiger partial charge in [-0.25, -0.2) is 0 Å². The highest BCUT2D eigenvalue weighted by Crippen LogP contribution is 2.33. The van der Waals surface area contributed by atoms with Crippen LogP contribution in [-0.2, 0) is 0 Å². The summed E-state index contributed by atoms with van der Waals surface area (Å²) in [5.74, 6) is 0.726. The Balaban J connectivity index is 3.19. The fourth-order valence-electron chi connectivity index (χ4n) is 2.72. The molecule has 1 N–H and O–H groups in total. The van der Waals surface area contributed by atoms with Gasteiger partial charge in [-0.05, 0) is 45.0 Å². The number of aryl methyl sites for hydroxylation is 2. The second-order valence-corrected chi connectivity index (χ2v) is 5.86. The minimum Gasteiger partial charge on any atom is -0.396 e. The van der Waals surface area contributed by atoms with Crippen LogP contribution in [0.15, 0.2) is 18.2 Å². The third-order valence-electron chi connectivity index (χ3n) is 3.77. The number of rotatable bonds is 5. The van der Waals surface area contributed by atoms with E-state index in [0.29, 0.717) is 5.92 Å². The lowest BCUT2D eigenvalue weighted by atomic mass is 9.82. The Morgan fingerprint density at radius 1 is 1.17 bits per heavy atom. The largest absolute Gasteiger partial charge is 0.396 e. The Bertz CT molecular complexity index is 385. The number of hydrogen-bond donors (Lipinski definition) is 1. The maximum Gasteiger partial charge on any atom is 0.0480 e. The van der Waals surface area contributed by atoms with Crippen molar-refractivity contribution >= 4 is 0 Å². The molecule has 0 aliphatic heterocycles. The molecular formula is C16H27NO. The maximum atomic E-state index is 9.70. The van der Waals surface area contributed by atoms with Gasteiger partial charge < -0.3 is 10.0 Å². The van der Waals surface area contributed by atoms with Gasteiger partial charge in [-0.2, -0.15) is 0 Å². The predicted octanol–water partition coefficient (Wildman–Crippen LogP) is 3.17. The zero-order valence-electron chi connectivity index (χ0n) is 12.6. The first-order chi connectivity index (χ1) is 8.38. The van der Waals surface area contributed by atoms with Gasteiger partial charge in [0.05, 0.1) is 0 Å². The van der Waals surface area contributed by atoms with E-state index in [1.54, 1.807) is 0 Å². The molecule has 102 valence electrons. The van der Waals surface area contributed by atoms with Crippen LogP contribution in [0.25, 0.3) is 0 Å². The molecule has 2 nitrogen and oxygen atoms in total. The van der Waals surface area contributed by atoms with Crippen molar-refractivity contribution in [2.24, 2.45) is 11.8 Å². The van der Waals surface area contributed by atoms with Gasteiger partial charge in [-0.1, -0.05) is 37.6 Å². The molecule has 2 unspecified atom stereocenters. The monoisotopic (exact) mass is 249 g/mol. The molecule has 18 heavy (non-hydrogen) atoms. The molecule has 0 aliphatic carbocycles. The lowest BCUT2D eigenvalue weighted by Gasteiger charge is -2.35. The number of aliphatic hydroxyl groups is 1. The van der Waals surface area contributed by atoms with E-state index in [1.165, 1.54) is 16.7 Å². The van der Waals surface area contributed by atoms with E-state index in [-0.39, 0.29) is 18.6 Å². The topological polar surface area (TPSA) is 23.5 Å². The standard InChI is InChI=1S/C16H27NO/c1-11(2)15(10-18)16(17(5)6)14-8-7-12(3)9-13(14)4/h7-9,11,15-16,18H,10H2,1-6H3. The second kappa shape index (κ2) is 6.35. The predicted molar refractivity (Wildman–Crippen MR) is 77.8 cm³/mol. The van der Waals surface area contributed by atoms with Crippen molar-refractivity contribution in [2.75, 3.05) is 20.7 Å². The highest BCUT2D eigenvalue weighted by atomic mass is 16.3. The van der Waals surface area contributed by atoms with Crippen LogP contribution < -0.4 is 0 Å². The summed E-state index contributed by atoms with van der Waals surface area (Å²) < 4.78 is 0. The Kier molecular flexibility index (Phi) is 5.36. The summed E-state index contributed by atoms with van der Waals surface area (Å²) in [6.45, 7) is 8.87. The van der Waals surface area contributed by atoms with Crippen LogP contribution in [0, 0.1) is 25.7 Å². The van der Waals surface area contributed by atoms with Gasteiger partial charge >= 0.3 is 0 Å². The number of aliphatic hydroxyl groups excluding tert-OH is 1. The zero-order valence-corrected chi connectivity index (χ0v) is 12.6. The smallest absolute Gasteiger partial charge is 0.0480 e. The first-order valence-electron chi connectivity index (χ1n) is 6.73. The van der Waals surface area contributed by atoms with Crippen LogP contribution in [0.5, 0.6) is 0 Å². The van der Waals surface area contributed by atoms with E-state index in [0.717, 1.165) is 0 Å². The Hall–Kier alpha value is -0.860. The highest BCUT2D eigenvalue weighted by molar-refractivity contribution is 5.33. The average Bonchev–Trinajstić information content (AvgIpc) is 2.26. The lowest BCUT2D eigenvalue weighted by Crippen LogP contribution is -2.33. The van der Waals surface area contributed by atoms with Crippen molar-refractivity contribution in [1.82, 2.24) is 4.90 Å². The molecule has 0 heterocycles. The normalized spacial score (nSPS) is 15.2. The van der Waals surface area contributed by atoms with Crippen LogP contribution in [-0.4, -0.2) is 30.7 Å². The number of benzene rings is 1. The van der Waals surface area contributed by atoms with Crippen molar-refractivity contribution in [3.05, 3.63) is 34.9 Å². The first-order valence-corrected chi connectivity index (χ1v) is 6.73. The van der Waals surface area contributed by atoms with Gasteiger partial charge in [0.15, 0.2) is 0 Å². The summed E-state index contributed by atoms with van der Waals surface area (Å²) in [4.78, 5) is 2.22. The lowest BCUT2D eigenvalue weighted by molar-refractivity contribution is 0.0998. The summed E-state index contributed by atoms with van der Waals surface area (Å²) in [5, 5.41) is 9.70. The molecular weight excluding hydrogens is 222 g/mol. The van der Waals surface area contributed by atoms with Crippen molar-refractivity contribution < 1.29 is 5.11 Å². The Morgan fingerprint density at radius 2 is 1.78 bits per heavy atom. The third kappa shape index (κ3) is 3.33. The molecule has 0 aliphatic rings. The molecule has 2 atom stereocenters. The molecule has 0 saturated heterocycles. The van der Waals surface area contributed by atoms with Crippen LogP contribution in [0.4, 0.5) is 0 Å². The van der Waals surface area contributed by atoms with E-state index in [9.17, 15) is 5.11 Å². The van der Waals surface area contributed by atoms with Gasteiger partial charge in [0.1, 0.15) is 0 Å². The van der Waals surface area contributed by atoms with E-state index < -0.39 is 0 Å². The maximum absolute atomic E-state index is 9.70. The van der Waals surface area contributed by atoms with Crippen LogP contribution in [0.3, 0.4) is 0 Å². The number of nitrogens with zero attached hydrogens (tertiary/aromatic N) is 1. The van der Waals surface area contributed by atoms with E-state index in [4.69, 9.17) is 0 Å². The summed E-state index contributed by atoms with van der Waals surface area (Å²) in [7, 11) is 4.18. The molecule has 1 aromatic rings. The second-order valence-electron chi connectivity index (χ2n) is 5.86. The summed E-state index contributed by atoms with van der Waals surface area (Å²) in [6.07, 6.45) is 0. The van der Waals surface area contributed by atoms with E-state index >= 15 is 0 Å². The molecule has 0 saturated carbocycles. The summed E-state index contributed by atoms with van der Waals surface area (Å²) in [6, 6.07) is 6.87. The molecule has 0 spiro atoms. The Labute approximate surface area is 112 Å². The molecule has 0 radical (unpaired) electrons. The van der Waals surface area contributed by atoms with Crippen LogP contribution in [0.2, 0.25) is 0 Å². The fourth-order valence-corrected chi connectivity index (χ4v) is 2.72. The number of hydrogen-bond acceptors (Lipinski definition) is 2. The van der Waals surface area contributed by atoms with Gasteiger partial charge in [0.25, 0.3) is 0 Å². The molecule has 2 heteroatoms. The van der Waals surface area contributed by atoms with Gasteiger partial charge in [-0.3, -0.25) is 0 Å². The van der Waals surface area contributed by atoms with Crippen LogP contribution >= 0.6 is 0 Å². The third-order valence-corrected chi connectivity index (χ3v) is 3.77. The van der Waals surface area contributed by atoms with Crippen molar-refractivity contribution in [2.45, 2.75) is 33.7 Å². The first kappa shape index (κ1) is 15.2. The molecule has 1 rings (SSSR count). The molecule has 0 aromatic heterocycles. The molecule has 0 amide bonds. The van der Waals surface area contributed by atoms with Crippen molar-refractivity contribution in [3.8, 4) is 0 Å². The fraction of sp³-hybridized carbons (Fsp3) is 0.625. The minimum absolute atomic E-state index is 0.230. The van der Waals surface area contributed by atoms with Gasteiger partial charge in [0, 0.05) is 18.6 Å². The summed E-state index contributed by atoms with van der Waals surface area (Å²) in [5.41, 5.74) is 3.94. The van der Waals surface area contributed by atoms with Gasteiger partial charge in [-0.15, -0.1) is 0 Å². The van der Waals surface area contributed by atoms with E-state index in [2.05, 4.69) is 64.9 Å². The van der Waals surface area contributed by atoms with E-state index in [1.807, 2.05) is 0 Å². The van der Waals surface area contributed by atoms with Crippen LogP contribution in [0.1, 0.15) is 36.6 Å². The molecule has 1 aromatic carbocycles. The molecule has 0 bridgehead atoms. The zero-order chi connectivity index (χ0) is 13.9. The Morgan fingerprint density at radius 3 is 2.17 bits per heavy atom. The average molecular weight is 249 g/mol.